The number of amides is 1. The Hall–Kier alpha value is -3.02. The largest absolute Gasteiger partial charge is 0.457 e. The van der Waals surface area contributed by atoms with Gasteiger partial charge in [-0.1, -0.05) is 13.8 Å². The first-order valence-electron chi connectivity index (χ1n) is 8.42. The molecule has 0 fully saturated rings. The van der Waals surface area contributed by atoms with Crippen molar-refractivity contribution in [3.8, 4) is 11.5 Å². The van der Waals surface area contributed by atoms with Crippen LogP contribution in [0.3, 0.4) is 0 Å². The molecule has 1 aromatic carbocycles. The molecule has 0 aliphatic heterocycles. The number of nitrogen functional groups attached to an aromatic ring is 1. The Kier molecular flexibility index (Phi) is 4.88. The van der Waals surface area contributed by atoms with Gasteiger partial charge >= 0.3 is 6.03 Å². The van der Waals surface area contributed by atoms with E-state index in [9.17, 15) is 4.79 Å². The van der Waals surface area contributed by atoms with E-state index in [1.807, 2.05) is 24.3 Å². The second-order valence-corrected chi connectivity index (χ2v) is 5.89. The first-order valence-corrected chi connectivity index (χ1v) is 8.42. The van der Waals surface area contributed by atoms with Gasteiger partial charge in [-0.15, -0.1) is 0 Å². The highest BCUT2D eigenvalue weighted by Gasteiger charge is 2.13. The van der Waals surface area contributed by atoms with Crippen LogP contribution in [0.15, 0.2) is 48.8 Å². The fraction of sp³-hybridized carbons (Fsp3) is 0.263. The lowest BCUT2D eigenvalue weighted by Gasteiger charge is -2.15. The van der Waals surface area contributed by atoms with Crippen LogP contribution in [0, 0.1) is 0 Å². The van der Waals surface area contributed by atoms with Crippen molar-refractivity contribution in [3.05, 3.63) is 48.8 Å². The summed E-state index contributed by atoms with van der Waals surface area (Å²) in [6.07, 6.45) is 5.20. The molecule has 6 heteroatoms. The van der Waals surface area contributed by atoms with Crippen molar-refractivity contribution in [1.82, 2.24) is 14.9 Å². The van der Waals surface area contributed by atoms with Crippen LogP contribution in [0.1, 0.15) is 26.7 Å². The van der Waals surface area contributed by atoms with E-state index in [-0.39, 0.29) is 12.1 Å². The number of hydrogen-bond donors (Lipinski definition) is 2. The summed E-state index contributed by atoms with van der Waals surface area (Å²) in [6, 6.07) is 11.0. The molecule has 0 unspecified atom stereocenters. The van der Waals surface area contributed by atoms with E-state index >= 15 is 0 Å². The Morgan fingerprint density at radius 1 is 1.20 bits per heavy atom. The van der Waals surface area contributed by atoms with Crippen molar-refractivity contribution in [1.29, 1.82) is 0 Å². The summed E-state index contributed by atoms with van der Waals surface area (Å²) >= 11 is 0. The van der Waals surface area contributed by atoms with Crippen molar-refractivity contribution in [2.75, 3.05) is 5.73 Å². The number of nitrogens with one attached hydrogen (secondary N) is 1. The Morgan fingerprint density at radius 3 is 2.68 bits per heavy atom. The molecule has 3 rings (SSSR count). The molecule has 0 spiro atoms. The zero-order valence-electron chi connectivity index (χ0n) is 14.4. The van der Waals surface area contributed by atoms with Gasteiger partial charge in [0.25, 0.3) is 0 Å². The number of ether oxygens (including phenoxy) is 1. The smallest absolute Gasteiger partial charge is 0.326 e. The number of fused-ring (bicyclic) bond motifs is 1. The lowest BCUT2D eigenvalue weighted by Crippen LogP contribution is -2.36. The highest BCUT2D eigenvalue weighted by atomic mass is 16.5. The second kappa shape index (κ2) is 7.25. The van der Waals surface area contributed by atoms with Crippen LogP contribution in [0.4, 0.5) is 10.6 Å². The maximum absolute atomic E-state index is 12.5. The standard InChI is InChI=1S/C19H22N4O2/c1-3-14(4-2)22-19(24)23-10-8-13-11-15(5-6-17(13)23)25-16-7-9-21-18(20)12-16/h5-12,14H,3-4H2,1-2H3,(H2,20,21)(H,22,24). The number of aromatic nitrogens is 2. The summed E-state index contributed by atoms with van der Waals surface area (Å²) in [7, 11) is 0. The number of carbonyl (C=O) groups is 1. The molecule has 0 bridgehead atoms. The van der Waals surface area contributed by atoms with Crippen LogP contribution in [0.25, 0.3) is 10.9 Å². The lowest BCUT2D eigenvalue weighted by atomic mass is 10.2. The first kappa shape index (κ1) is 16.8. The Morgan fingerprint density at radius 2 is 1.96 bits per heavy atom. The van der Waals surface area contributed by atoms with Gasteiger partial charge in [-0.2, -0.15) is 0 Å². The average Bonchev–Trinajstić information content (AvgIpc) is 3.03. The normalized spacial score (nSPS) is 11.0. The lowest BCUT2D eigenvalue weighted by molar-refractivity contribution is 0.238. The topological polar surface area (TPSA) is 82.2 Å². The zero-order chi connectivity index (χ0) is 17.8. The van der Waals surface area contributed by atoms with Crippen molar-refractivity contribution < 1.29 is 9.53 Å². The predicted molar refractivity (Wildman–Crippen MR) is 99.0 cm³/mol. The van der Waals surface area contributed by atoms with Crippen molar-refractivity contribution in [2.24, 2.45) is 0 Å². The van der Waals surface area contributed by atoms with Crippen molar-refractivity contribution >= 4 is 22.8 Å². The van der Waals surface area contributed by atoms with Crippen LogP contribution in [-0.2, 0) is 0 Å². The third kappa shape index (κ3) is 3.74. The van der Waals surface area contributed by atoms with Crippen LogP contribution in [0.5, 0.6) is 11.5 Å². The van der Waals surface area contributed by atoms with E-state index < -0.39 is 0 Å². The number of anilines is 1. The number of rotatable bonds is 5. The summed E-state index contributed by atoms with van der Waals surface area (Å²) in [5, 5.41) is 3.97. The minimum absolute atomic E-state index is 0.112. The van der Waals surface area contributed by atoms with Crippen LogP contribution in [-0.4, -0.2) is 21.6 Å². The van der Waals surface area contributed by atoms with Crippen LogP contribution < -0.4 is 15.8 Å². The Labute approximate surface area is 146 Å². The minimum atomic E-state index is -0.112. The molecule has 6 nitrogen and oxygen atoms in total. The molecule has 0 radical (unpaired) electrons. The second-order valence-electron chi connectivity index (χ2n) is 5.89. The monoisotopic (exact) mass is 338 g/mol. The summed E-state index contributed by atoms with van der Waals surface area (Å²) in [4.78, 5) is 16.4. The van der Waals surface area contributed by atoms with Gasteiger partial charge in [0.2, 0.25) is 0 Å². The highest BCUT2D eigenvalue weighted by molar-refractivity contribution is 5.92. The highest BCUT2D eigenvalue weighted by Crippen LogP contribution is 2.26. The maximum Gasteiger partial charge on any atom is 0.326 e. The van der Waals surface area contributed by atoms with E-state index in [2.05, 4.69) is 24.1 Å². The summed E-state index contributed by atoms with van der Waals surface area (Å²) in [5.74, 6) is 1.71. The third-order valence-corrected chi connectivity index (χ3v) is 4.18. The number of hydrogen-bond acceptors (Lipinski definition) is 4. The van der Waals surface area contributed by atoms with E-state index in [0.29, 0.717) is 17.3 Å². The third-order valence-electron chi connectivity index (χ3n) is 4.18. The van der Waals surface area contributed by atoms with E-state index in [1.165, 1.54) is 0 Å². The SMILES string of the molecule is CCC(CC)NC(=O)n1ccc2cc(Oc3ccnc(N)c3)ccc21. The fourth-order valence-electron chi connectivity index (χ4n) is 2.73. The molecule has 130 valence electrons. The average molecular weight is 338 g/mol. The number of carbonyl (C=O) groups excluding carboxylic acids is 1. The van der Waals surface area contributed by atoms with Gasteiger partial charge in [-0.3, -0.25) is 4.57 Å². The molecule has 0 atom stereocenters. The molecule has 0 aliphatic rings. The van der Waals surface area contributed by atoms with Gasteiger partial charge in [0.05, 0.1) is 5.52 Å². The van der Waals surface area contributed by atoms with E-state index in [1.54, 1.807) is 29.1 Å². The van der Waals surface area contributed by atoms with Crippen LogP contribution in [0.2, 0.25) is 0 Å². The quantitative estimate of drug-likeness (QED) is 0.732. The van der Waals surface area contributed by atoms with Crippen LogP contribution >= 0.6 is 0 Å². The number of nitrogens with zero attached hydrogens (tertiary/aromatic N) is 2. The molecule has 2 aromatic heterocycles. The molecule has 2 heterocycles. The Bertz CT molecular complexity index is 884. The van der Waals surface area contributed by atoms with Gasteiger partial charge < -0.3 is 15.8 Å². The van der Waals surface area contributed by atoms with Gasteiger partial charge in [0, 0.05) is 29.9 Å². The summed E-state index contributed by atoms with van der Waals surface area (Å²) in [6.45, 7) is 4.13. The van der Waals surface area contributed by atoms with E-state index in [4.69, 9.17) is 10.5 Å². The number of pyridine rings is 1. The molecule has 3 N–H and O–H groups in total. The van der Waals surface area contributed by atoms with Crippen molar-refractivity contribution in [3.63, 3.8) is 0 Å². The maximum atomic E-state index is 12.5. The molecule has 0 saturated heterocycles. The molecule has 0 aliphatic carbocycles. The first-order chi connectivity index (χ1) is 12.1. The summed E-state index contributed by atoms with van der Waals surface area (Å²) < 4.78 is 7.43. The number of benzene rings is 1. The van der Waals surface area contributed by atoms with Gasteiger partial charge in [-0.25, -0.2) is 9.78 Å². The molecule has 3 aromatic rings. The van der Waals surface area contributed by atoms with E-state index in [0.717, 1.165) is 23.7 Å². The predicted octanol–water partition coefficient (Wildman–Crippen LogP) is 4.16. The zero-order valence-corrected chi connectivity index (χ0v) is 14.4. The molecule has 1 amide bonds. The van der Waals surface area contributed by atoms with Gasteiger partial charge in [0.15, 0.2) is 0 Å². The minimum Gasteiger partial charge on any atom is -0.457 e. The fourth-order valence-corrected chi connectivity index (χ4v) is 2.73. The molecule has 25 heavy (non-hydrogen) atoms. The molecule has 0 saturated carbocycles. The Balaban J connectivity index is 1.82. The number of nitrogens with two attached hydrogens (primary N) is 1. The van der Waals surface area contributed by atoms with Gasteiger partial charge in [0.1, 0.15) is 17.3 Å². The van der Waals surface area contributed by atoms with Gasteiger partial charge in [-0.05, 0) is 43.2 Å². The molecular weight excluding hydrogens is 316 g/mol. The molecular formula is C19H22N4O2. The van der Waals surface area contributed by atoms with Crippen molar-refractivity contribution in [2.45, 2.75) is 32.7 Å². The summed E-state index contributed by atoms with van der Waals surface area (Å²) in [5.41, 5.74) is 6.50.